The van der Waals surface area contributed by atoms with Gasteiger partial charge in [-0.3, -0.25) is 0 Å². The summed E-state index contributed by atoms with van der Waals surface area (Å²) in [7, 11) is 0. The van der Waals surface area contributed by atoms with Gasteiger partial charge in [0.15, 0.2) is 12.0 Å². The molecular weight excluding hydrogens is 529 g/mol. The van der Waals surface area contributed by atoms with Gasteiger partial charge in [0, 0.05) is 18.0 Å². The monoisotopic (exact) mass is 570 g/mol. The van der Waals surface area contributed by atoms with Crippen LogP contribution in [-0.2, 0) is 4.79 Å². The number of esters is 1. The van der Waals surface area contributed by atoms with E-state index < -0.39 is 30.1 Å². The van der Waals surface area contributed by atoms with Crippen molar-refractivity contribution in [2.75, 3.05) is 0 Å². The number of hydrogen-bond acceptors (Lipinski definition) is 5. The Morgan fingerprint density at radius 3 is 2.20 bits per heavy atom. The molecule has 1 aromatic heterocycles. The Labute approximate surface area is 241 Å². The molecule has 0 spiro atoms. The number of aromatic nitrogens is 2. The number of nitrogens with zero attached hydrogens (tertiary/aromatic N) is 2. The first-order chi connectivity index (χ1) is 19.7. The van der Waals surface area contributed by atoms with E-state index in [1.165, 1.54) is 13.8 Å². The summed E-state index contributed by atoms with van der Waals surface area (Å²) in [6.45, 7) is 6.38. The highest BCUT2D eigenvalue weighted by atomic mass is 19.2. The Morgan fingerprint density at radius 2 is 1.56 bits per heavy atom. The molecule has 0 saturated heterocycles. The number of halogens is 3. The van der Waals surface area contributed by atoms with Crippen LogP contribution in [-0.4, -0.2) is 40.1 Å². The summed E-state index contributed by atoms with van der Waals surface area (Å²) >= 11 is 0. The molecule has 0 N–H and O–H groups in total. The zero-order valence-corrected chi connectivity index (χ0v) is 24.4. The van der Waals surface area contributed by atoms with Crippen LogP contribution in [0.1, 0.15) is 79.1 Å². The number of carbonyl (C=O) groups is 1. The second-order valence-corrected chi connectivity index (χ2v) is 10.6. The van der Waals surface area contributed by atoms with Crippen molar-refractivity contribution in [1.82, 2.24) is 9.97 Å². The van der Waals surface area contributed by atoms with Gasteiger partial charge in [-0.1, -0.05) is 70.2 Å². The molecule has 4 atom stereocenters. The van der Waals surface area contributed by atoms with Gasteiger partial charge in [-0.15, -0.1) is 0 Å². The second-order valence-electron chi connectivity index (χ2n) is 10.6. The number of hydrogen-bond donors (Lipinski definition) is 0. The van der Waals surface area contributed by atoms with Crippen LogP contribution < -0.4 is 9.47 Å². The minimum atomic E-state index is -2.04. The van der Waals surface area contributed by atoms with Crippen LogP contribution in [0, 0.1) is 0 Å². The summed E-state index contributed by atoms with van der Waals surface area (Å²) in [5, 5.41) is 0. The molecule has 4 unspecified atom stereocenters. The summed E-state index contributed by atoms with van der Waals surface area (Å²) in [5.74, 6) is 0.116. The van der Waals surface area contributed by atoms with Crippen LogP contribution >= 0.6 is 0 Å². The maximum Gasteiger partial charge on any atom is 0.348 e. The van der Waals surface area contributed by atoms with Gasteiger partial charge in [0.05, 0.1) is 5.56 Å². The standard InChI is InChI=1S/C33H41F3N2O3/c1-5-7-8-9-10-15-29(30(35)23(3)34)41-28-14-12-11-13-27(28)31-37-21-25(22-38-31)24-16-18-26(19-17-24)40-32(39)33(4,36)20-6-2/h11-14,16-19,21-23,29-30H,5-10,15,20H2,1-4H3. The van der Waals surface area contributed by atoms with Crippen molar-refractivity contribution in [3.05, 3.63) is 60.9 Å². The van der Waals surface area contributed by atoms with Crippen molar-refractivity contribution >= 4 is 5.97 Å². The van der Waals surface area contributed by atoms with E-state index in [1.807, 2.05) is 6.07 Å². The maximum absolute atomic E-state index is 14.8. The largest absolute Gasteiger partial charge is 0.487 e. The SMILES string of the molecule is CCCCCCCC(Oc1ccccc1-c1ncc(-c2ccc(OC(=O)C(C)(F)CCC)cc2)cn1)C(F)C(C)F. The van der Waals surface area contributed by atoms with Crippen molar-refractivity contribution in [3.8, 4) is 34.0 Å². The molecule has 0 fully saturated rings. The van der Waals surface area contributed by atoms with Gasteiger partial charge < -0.3 is 9.47 Å². The number of unbranched alkanes of at least 4 members (excludes halogenated alkanes) is 4. The third kappa shape index (κ3) is 9.30. The second kappa shape index (κ2) is 15.5. The molecule has 2 aromatic carbocycles. The predicted octanol–water partition coefficient (Wildman–Crippen LogP) is 9.05. The summed E-state index contributed by atoms with van der Waals surface area (Å²) in [4.78, 5) is 21.1. The molecule has 222 valence electrons. The first-order valence-electron chi connectivity index (χ1n) is 14.5. The van der Waals surface area contributed by atoms with Crippen molar-refractivity contribution in [1.29, 1.82) is 0 Å². The Kier molecular flexibility index (Phi) is 12.2. The molecule has 0 amide bonds. The van der Waals surface area contributed by atoms with E-state index >= 15 is 0 Å². The van der Waals surface area contributed by atoms with Gasteiger partial charge in [-0.25, -0.2) is 27.9 Å². The van der Waals surface area contributed by atoms with Crippen LogP contribution in [0.3, 0.4) is 0 Å². The minimum Gasteiger partial charge on any atom is -0.487 e. The van der Waals surface area contributed by atoms with E-state index in [1.54, 1.807) is 61.8 Å². The summed E-state index contributed by atoms with van der Waals surface area (Å²) in [5.41, 5.74) is 0.0302. The van der Waals surface area contributed by atoms with Gasteiger partial charge >= 0.3 is 5.97 Å². The highest BCUT2D eigenvalue weighted by Crippen LogP contribution is 2.32. The van der Waals surface area contributed by atoms with E-state index in [0.717, 1.165) is 37.7 Å². The predicted molar refractivity (Wildman–Crippen MR) is 156 cm³/mol. The highest BCUT2D eigenvalue weighted by Gasteiger charge is 2.34. The lowest BCUT2D eigenvalue weighted by Gasteiger charge is -2.24. The molecule has 3 aromatic rings. The van der Waals surface area contributed by atoms with Crippen molar-refractivity contribution in [2.45, 2.75) is 103 Å². The average Bonchev–Trinajstić information content (AvgIpc) is 2.96. The van der Waals surface area contributed by atoms with Gasteiger partial charge in [-0.05, 0) is 62.9 Å². The van der Waals surface area contributed by atoms with Crippen molar-refractivity contribution in [2.24, 2.45) is 0 Å². The third-order valence-electron chi connectivity index (χ3n) is 6.99. The highest BCUT2D eigenvalue weighted by molar-refractivity contribution is 5.81. The zero-order valence-electron chi connectivity index (χ0n) is 24.4. The summed E-state index contributed by atoms with van der Waals surface area (Å²) in [6.07, 6.45) is 5.02. The Morgan fingerprint density at radius 1 is 0.902 bits per heavy atom. The lowest BCUT2D eigenvalue weighted by molar-refractivity contribution is -0.147. The first kappa shape index (κ1) is 32.1. The van der Waals surface area contributed by atoms with Crippen molar-refractivity contribution < 1.29 is 27.4 Å². The normalized spacial score (nSPS) is 15.0. The van der Waals surface area contributed by atoms with Crippen molar-refractivity contribution in [3.63, 3.8) is 0 Å². The fourth-order valence-electron chi connectivity index (χ4n) is 4.56. The quantitative estimate of drug-likeness (QED) is 0.0977. The van der Waals surface area contributed by atoms with E-state index in [9.17, 15) is 18.0 Å². The lowest BCUT2D eigenvalue weighted by atomic mass is 10.0. The average molecular weight is 571 g/mol. The maximum atomic E-state index is 14.8. The molecule has 8 heteroatoms. The summed E-state index contributed by atoms with van der Waals surface area (Å²) in [6, 6.07) is 13.7. The molecule has 0 aliphatic carbocycles. The smallest absolute Gasteiger partial charge is 0.348 e. The molecular formula is C33H41F3N2O3. The molecule has 0 aliphatic rings. The Hall–Kier alpha value is -3.42. The van der Waals surface area contributed by atoms with E-state index in [-0.39, 0.29) is 12.2 Å². The number of benzene rings is 2. The number of alkyl halides is 3. The zero-order chi connectivity index (χ0) is 29.8. The van der Waals surface area contributed by atoms with E-state index in [4.69, 9.17) is 9.47 Å². The summed E-state index contributed by atoms with van der Waals surface area (Å²) < 4.78 is 54.5. The van der Waals surface area contributed by atoms with Gasteiger partial charge in [-0.2, -0.15) is 0 Å². The van der Waals surface area contributed by atoms with Crippen LogP contribution in [0.15, 0.2) is 60.9 Å². The van der Waals surface area contributed by atoms with Crippen LogP contribution in [0.25, 0.3) is 22.5 Å². The molecule has 0 bridgehead atoms. The first-order valence-corrected chi connectivity index (χ1v) is 14.5. The molecule has 3 rings (SSSR count). The molecule has 1 heterocycles. The van der Waals surface area contributed by atoms with Crippen LogP contribution in [0.4, 0.5) is 13.2 Å². The topological polar surface area (TPSA) is 61.3 Å². The lowest BCUT2D eigenvalue weighted by Crippen LogP contribution is -2.34. The van der Waals surface area contributed by atoms with E-state index in [2.05, 4.69) is 16.9 Å². The van der Waals surface area contributed by atoms with E-state index in [0.29, 0.717) is 35.5 Å². The third-order valence-corrected chi connectivity index (χ3v) is 6.99. The number of ether oxygens (including phenoxy) is 2. The van der Waals surface area contributed by atoms with Gasteiger partial charge in [0.2, 0.25) is 5.67 Å². The fraction of sp³-hybridized carbons (Fsp3) is 0.485. The molecule has 0 radical (unpaired) electrons. The molecule has 0 aliphatic heterocycles. The number of carbonyl (C=O) groups excluding carboxylic acids is 1. The number of para-hydroxylation sites is 1. The Bertz CT molecular complexity index is 1220. The Balaban J connectivity index is 1.73. The fourth-order valence-corrected chi connectivity index (χ4v) is 4.56. The van der Waals surface area contributed by atoms with Crippen LogP contribution in [0.5, 0.6) is 11.5 Å². The number of rotatable bonds is 16. The minimum absolute atomic E-state index is 0.0881. The molecule has 0 saturated carbocycles. The van der Waals surface area contributed by atoms with Gasteiger partial charge in [0.1, 0.15) is 23.8 Å². The molecule has 41 heavy (non-hydrogen) atoms. The van der Waals surface area contributed by atoms with Gasteiger partial charge in [0.25, 0.3) is 0 Å². The molecule has 5 nitrogen and oxygen atoms in total. The van der Waals surface area contributed by atoms with Crippen LogP contribution in [0.2, 0.25) is 0 Å².